The Balaban J connectivity index is 1.74. The fourth-order valence-electron chi connectivity index (χ4n) is 3.93. The van der Waals surface area contributed by atoms with E-state index in [0.717, 1.165) is 50.6 Å². The van der Waals surface area contributed by atoms with Crippen molar-refractivity contribution in [1.29, 1.82) is 0 Å². The second kappa shape index (κ2) is 10.8. The number of nitrogens with zero attached hydrogens (tertiary/aromatic N) is 2. The number of aliphatic hydroxyl groups is 1. The third-order valence-electron chi connectivity index (χ3n) is 5.52. The van der Waals surface area contributed by atoms with Gasteiger partial charge >= 0.3 is 12.1 Å². The predicted octanol–water partition coefficient (Wildman–Crippen LogP) is 5.28. The third-order valence-corrected chi connectivity index (χ3v) is 5.52. The van der Waals surface area contributed by atoms with Crippen LogP contribution in [0.1, 0.15) is 99.1 Å². The maximum absolute atomic E-state index is 12.1. The Hall–Kier alpha value is -1.57. The van der Waals surface area contributed by atoms with Crippen molar-refractivity contribution in [1.82, 2.24) is 9.78 Å². The number of halogens is 3. The van der Waals surface area contributed by atoms with Crippen LogP contribution in [-0.4, -0.2) is 38.2 Å². The van der Waals surface area contributed by atoms with Crippen LogP contribution in [0.3, 0.4) is 0 Å². The van der Waals surface area contributed by atoms with Crippen molar-refractivity contribution in [3.05, 3.63) is 17.5 Å². The van der Waals surface area contributed by atoms with Gasteiger partial charge in [0.25, 0.3) is 0 Å². The van der Waals surface area contributed by atoms with E-state index >= 15 is 0 Å². The predicted molar refractivity (Wildman–Crippen MR) is 99.4 cm³/mol. The first-order chi connectivity index (χ1) is 13.3. The Bertz CT molecular complexity index is 608. The topological polar surface area (TPSA) is 75.3 Å². The van der Waals surface area contributed by atoms with E-state index in [1.165, 1.54) is 6.20 Å². The van der Waals surface area contributed by atoms with Crippen molar-refractivity contribution < 1.29 is 28.2 Å². The first-order valence-electron chi connectivity index (χ1n) is 10.3. The first-order valence-corrected chi connectivity index (χ1v) is 10.3. The Morgan fingerprint density at radius 3 is 2.18 bits per heavy atom. The van der Waals surface area contributed by atoms with Gasteiger partial charge in [0.05, 0.1) is 24.0 Å². The molecule has 8 heteroatoms. The summed E-state index contributed by atoms with van der Waals surface area (Å²) in [6.07, 6.45) is 5.25. The van der Waals surface area contributed by atoms with Gasteiger partial charge in [0.2, 0.25) is 0 Å². The molecule has 160 valence electrons. The molecule has 0 atom stereocenters. The molecule has 1 saturated carbocycles. The SMILES string of the molecule is O=C(O)c1cnn(C2CCC(O)CC2)c1CCCCCCCCCC(F)(F)F. The number of carboxylic acids is 1. The van der Waals surface area contributed by atoms with Crippen LogP contribution in [0.4, 0.5) is 13.2 Å². The first kappa shape index (κ1) is 22.7. The quantitative estimate of drug-likeness (QED) is 0.492. The molecule has 1 aliphatic rings. The van der Waals surface area contributed by atoms with Gasteiger partial charge in [-0.3, -0.25) is 4.68 Å². The van der Waals surface area contributed by atoms with Crippen LogP contribution >= 0.6 is 0 Å². The van der Waals surface area contributed by atoms with E-state index in [2.05, 4.69) is 5.10 Å². The summed E-state index contributed by atoms with van der Waals surface area (Å²) in [5.74, 6) is -0.971. The molecule has 0 radical (unpaired) electrons. The van der Waals surface area contributed by atoms with Crippen molar-refractivity contribution in [2.45, 2.75) is 102 Å². The van der Waals surface area contributed by atoms with E-state index in [9.17, 15) is 28.2 Å². The number of hydrogen-bond acceptors (Lipinski definition) is 3. The number of alkyl halides is 3. The van der Waals surface area contributed by atoms with Gasteiger partial charge in [0.1, 0.15) is 5.56 Å². The molecule has 28 heavy (non-hydrogen) atoms. The Kier molecular flexibility index (Phi) is 8.79. The summed E-state index contributed by atoms with van der Waals surface area (Å²) in [5, 5.41) is 23.4. The normalized spacial score (nSPS) is 20.4. The van der Waals surface area contributed by atoms with Gasteiger partial charge in [0, 0.05) is 6.42 Å². The summed E-state index contributed by atoms with van der Waals surface area (Å²) in [6.45, 7) is 0. The van der Waals surface area contributed by atoms with Gasteiger partial charge in [-0.05, 0) is 44.9 Å². The lowest BCUT2D eigenvalue weighted by Crippen LogP contribution is -2.23. The van der Waals surface area contributed by atoms with Crippen molar-refractivity contribution in [3.63, 3.8) is 0 Å². The van der Waals surface area contributed by atoms with Crippen LogP contribution in [0.25, 0.3) is 0 Å². The van der Waals surface area contributed by atoms with Crippen molar-refractivity contribution >= 4 is 5.97 Å². The smallest absolute Gasteiger partial charge is 0.389 e. The molecule has 5 nitrogen and oxygen atoms in total. The van der Waals surface area contributed by atoms with Crippen LogP contribution in [0, 0.1) is 0 Å². The lowest BCUT2D eigenvalue weighted by Gasteiger charge is -2.27. The lowest BCUT2D eigenvalue weighted by atomic mass is 9.93. The van der Waals surface area contributed by atoms with Crippen molar-refractivity contribution in [2.24, 2.45) is 0 Å². The molecular weight excluding hydrogens is 373 g/mol. The van der Waals surface area contributed by atoms with E-state index in [-0.39, 0.29) is 24.1 Å². The highest BCUT2D eigenvalue weighted by Crippen LogP contribution is 2.30. The fraction of sp³-hybridized carbons (Fsp3) is 0.800. The van der Waals surface area contributed by atoms with E-state index < -0.39 is 18.6 Å². The van der Waals surface area contributed by atoms with Gasteiger partial charge in [0.15, 0.2) is 0 Å². The Morgan fingerprint density at radius 2 is 1.61 bits per heavy atom. The average molecular weight is 404 g/mol. The van der Waals surface area contributed by atoms with Crippen LogP contribution in [0.2, 0.25) is 0 Å². The van der Waals surface area contributed by atoms with Crippen molar-refractivity contribution in [3.8, 4) is 0 Å². The molecule has 0 saturated heterocycles. The number of hydrogen-bond donors (Lipinski definition) is 2. The summed E-state index contributed by atoms with van der Waals surface area (Å²) in [6, 6.07) is 0.139. The average Bonchev–Trinajstić information content (AvgIpc) is 3.04. The van der Waals surface area contributed by atoms with Crippen LogP contribution in [0.5, 0.6) is 0 Å². The molecular formula is C20H31F3N2O3. The van der Waals surface area contributed by atoms with Gasteiger partial charge in [-0.2, -0.15) is 18.3 Å². The molecule has 1 fully saturated rings. The molecule has 0 spiro atoms. The molecule has 1 heterocycles. The lowest BCUT2D eigenvalue weighted by molar-refractivity contribution is -0.135. The summed E-state index contributed by atoms with van der Waals surface area (Å²) in [7, 11) is 0. The van der Waals surface area contributed by atoms with E-state index in [1.54, 1.807) is 0 Å². The number of rotatable bonds is 11. The van der Waals surface area contributed by atoms with Gasteiger partial charge < -0.3 is 10.2 Å². The monoisotopic (exact) mass is 404 g/mol. The third kappa shape index (κ3) is 7.45. The summed E-state index contributed by atoms with van der Waals surface area (Å²) < 4.78 is 38.1. The minimum atomic E-state index is -4.05. The molecule has 1 aliphatic carbocycles. The van der Waals surface area contributed by atoms with Gasteiger partial charge in [-0.1, -0.05) is 32.1 Å². The number of aromatic nitrogens is 2. The molecule has 0 amide bonds. The van der Waals surface area contributed by atoms with E-state index in [0.29, 0.717) is 25.7 Å². The number of aromatic carboxylic acids is 1. The molecule has 0 unspecified atom stereocenters. The molecule has 0 aliphatic heterocycles. The van der Waals surface area contributed by atoms with Crippen LogP contribution in [-0.2, 0) is 6.42 Å². The largest absolute Gasteiger partial charge is 0.478 e. The summed E-state index contributed by atoms with van der Waals surface area (Å²) in [4.78, 5) is 11.5. The number of unbranched alkanes of at least 4 members (excludes halogenated alkanes) is 6. The zero-order valence-electron chi connectivity index (χ0n) is 16.3. The number of aliphatic hydroxyl groups excluding tert-OH is 1. The van der Waals surface area contributed by atoms with Gasteiger partial charge in [-0.25, -0.2) is 4.79 Å². The fourth-order valence-corrected chi connectivity index (χ4v) is 3.93. The molecule has 1 aromatic heterocycles. The summed E-state index contributed by atoms with van der Waals surface area (Å²) in [5.41, 5.74) is 0.998. The van der Waals surface area contributed by atoms with E-state index in [1.807, 2.05) is 4.68 Å². The highest BCUT2D eigenvalue weighted by atomic mass is 19.4. The highest BCUT2D eigenvalue weighted by Gasteiger charge is 2.26. The minimum Gasteiger partial charge on any atom is -0.478 e. The minimum absolute atomic E-state index is 0.139. The summed E-state index contributed by atoms with van der Waals surface area (Å²) >= 11 is 0. The second-order valence-corrected chi connectivity index (χ2v) is 7.81. The standard InChI is InChI=1S/C20H31F3N2O3/c21-20(22,23)13-7-5-3-1-2-4-6-8-18-17(19(27)28)14-24-25(18)15-9-11-16(26)12-10-15/h14-16,26H,1-13H2,(H,27,28). The number of carbonyl (C=O) groups is 1. The maximum Gasteiger partial charge on any atom is 0.389 e. The molecule has 0 aromatic carbocycles. The zero-order chi connectivity index (χ0) is 20.6. The zero-order valence-corrected chi connectivity index (χ0v) is 16.3. The molecule has 1 aromatic rings. The van der Waals surface area contributed by atoms with E-state index in [4.69, 9.17) is 0 Å². The maximum atomic E-state index is 12.1. The molecule has 0 bridgehead atoms. The number of carboxylic acid groups (broad SMARTS) is 1. The highest BCUT2D eigenvalue weighted by molar-refractivity contribution is 5.88. The van der Waals surface area contributed by atoms with Crippen molar-refractivity contribution in [2.75, 3.05) is 0 Å². The van der Waals surface area contributed by atoms with Crippen LogP contribution in [0.15, 0.2) is 6.20 Å². The molecule has 2 rings (SSSR count). The Morgan fingerprint density at radius 1 is 1.04 bits per heavy atom. The molecule has 2 N–H and O–H groups in total. The second-order valence-electron chi connectivity index (χ2n) is 7.81. The van der Waals surface area contributed by atoms with Gasteiger partial charge in [-0.15, -0.1) is 0 Å². The van der Waals surface area contributed by atoms with Crippen LogP contribution < -0.4 is 0 Å². The Labute approximate surface area is 163 Å².